The average Bonchev–Trinajstić information content (AvgIpc) is 3.11. The first-order chi connectivity index (χ1) is 12.2. The molecule has 7 heteroatoms. The van der Waals surface area contributed by atoms with Gasteiger partial charge < -0.3 is 16.0 Å². The molecular formula is C18H20N4O2S. The highest BCUT2D eigenvalue weighted by atomic mass is 32.1. The Labute approximate surface area is 150 Å². The molecule has 3 N–H and O–H groups in total. The predicted octanol–water partition coefficient (Wildman–Crippen LogP) is 2.39. The van der Waals surface area contributed by atoms with E-state index in [4.69, 9.17) is 0 Å². The summed E-state index contributed by atoms with van der Waals surface area (Å²) in [6.07, 6.45) is 4.05. The molecule has 1 atom stereocenters. The third-order valence-electron chi connectivity index (χ3n) is 4.47. The molecular weight excluding hydrogens is 336 g/mol. The lowest BCUT2D eigenvalue weighted by atomic mass is 10.1. The minimum Gasteiger partial charge on any atom is -0.349 e. The first kappa shape index (κ1) is 16.2. The second kappa shape index (κ2) is 6.93. The molecule has 2 heterocycles. The number of carbonyl (C=O) groups excluding carboxylic acids is 2. The van der Waals surface area contributed by atoms with Gasteiger partial charge >= 0.3 is 0 Å². The summed E-state index contributed by atoms with van der Waals surface area (Å²) in [5, 5.41) is 11.5. The van der Waals surface area contributed by atoms with Crippen molar-refractivity contribution in [2.24, 2.45) is 0 Å². The molecule has 2 fully saturated rings. The largest absolute Gasteiger partial charge is 0.349 e. The standard InChI is InChI=1S/C18H20N4O2S/c23-16(20-13-7-8-13)12-5-3-11(4-6-12)15-10-25-18(21-15)22-17(24)14-2-1-9-19-14/h3-6,10,13-14,19H,1-2,7-9H2,(H,20,23)(H,21,22,24)/t14-/m0/s1. The fourth-order valence-electron chi connectivity index (χ4n) is 2.85. The summed E-state index contributed by atoms with van der Waals surface area (Å²) < 4.78 is 0. The maximum absolute atomic E-state index is 12.1. The second-order valence-corrected chi connectivity index (χ2v) is 7.36. The molecule has 130 valence electrons. The zero-order valence-electron chi connectivity index (χ0n) is 13.7. The van der Waals surface area contributed by atoms with Crippen LogP contribution < -0.4 is 16.0 Å². The van der Waals surface area contributed by atoms with Gasteiger partial charge in [-0.25, -0.2) is 4.98 Å². The van der Waals surface area contributed by atoms with Crippen molar-refractivity contribution in [3.05, 3.63) is 35.2 Å². The summed E-state index contributed by atoms with van der Waals surface area (Å²) in [7, 11) is 0. The van der Waals surface area contributed by atoms with Crippen LogP contribution in [0.5, 0.6) is 0 Å². The molecule has 0 radical (unpaired) electrons. The lowest BCUT2D eigenvalue weighted by Crippen LogP contribution is -2.35. The van der Waals surface area contributed by atoms with Gasteiger partial charge in [-0.15, -0.1) is 11.3 Å². The predicted molar refractivity (Wildman–Crippen MR) is 97.7 cm³/mol. The molecule has 6 nitrogen and oxygen atoms in total. The fraction of sp³-hybridized carbons (Fsp3) is 0.389. The van der Waals surface area contributed by atoms with E-state index in [1.165, 1.54) is 11.3 Å². The number of hydrogen-bond donors (Lipinski definition) is 3. The first-order valence-corrected chi connectivity index (χ1v) is 9.48. The molecule has 2 aliphatic rings. The minimum atomic E-state index is -0.114. The van der Waals surface area contributed by atoms with Crippen LogP contribution >= 0.6 is 11.3 Å². The Balaban J connectivity index is 1.40. The van der Waals surface area contributed by atoms with Gasteiger partial charge in [-0.2, -0.15) is 0 Å². The van der Waals surface area contributed by atoms with Crippen molar-refractivity contribution in [2.45, 2.75) is 37.8 Å². The molecule has 25 heavy (non-hydrogen) atoms. The first-order valence-electron chi connectivity index (χ1n) is 8.60. The Morgan fingerprint density at radius 3 is 2.64 bits per heavy atom. The van der Waals surface area contributed by atoms with E-state index in [0.717, 1.165) is 43.5 Å². The molecule has 1 aliphatic carbocycles. The van der Waals surface area contributed by atoms with Crippen LogP contribution in [0, 0.1) is 0 Å². The lowest BCUT2D eigenvalue weighted by Gasteiger charge is -2.08. The van der Waals surface area contributed by atoms with E-state index in [0.29, 0.717) is 16.7 Å². The molecule has 4 rings (SSSR count). The molecule has 0 spiro atoms. The van der Waals surface area contributed by atoms with Crippen molar-refractivity contribution < 1.29 is 9.59 Å². The lowest BCUT2D eigenvalue weighted by molar-refractivity contribution is -0.117. The Hall–Kier alpha value is -2.25. The van der Waals surface area contributed by atoms with Crippen LogP contribution in [0.3, 0.4) is 0 Å². The van der Waals surface area contributed by atoms with Crippen molar-refractivity contribution in [1.82, 2.24) is 15.6 Å². The number of carbonyl (C=O) groups is 2. The Morgan fingerprint density at radius 1 is 1.16 bits per heavy atom. The molecule has 1 saturated heterocycles. The van der Waals surface area contributed by atoms with E-state index in [9.17, 15) is 9.59 Å². The van der Waals surface area contributed by atoms with Crippen molar-refractivity contribution in [3.8, 4) is 11.3 Å². The number of nitrogens with zero attached hydrogens (tertiary/aromatic N) is 1. The van der Waals surface area contributed by atoms with Gasteiger partial charge in [0.15, 0.2) is 5.13 Å². The Bertz CT molecular complexity index is 777. The molecule has 2 amide bonds. The highest BCUT2D eigenvalue weighted by Crippen LogP contribution is 2.26. The van der Waals surface area contributed by atoms with E-state index in [1.807, 2.05) is 29.6 Å². The van der Waals surface area contributed by atoms with E-state index in [1.54, 1.807) is 0 Å². The number of aromatic nitrogens is 1. The van der Waals surface area contributed by atoms with Gasteiger partial charge in [-0.05, 0) is 44.4 Å². The highest BCUT2D eigenvalue weighted by molar-refractivity contribution is 7.14. The molecule has 0 unspecified atom stereocenters. The van der Waals surface area contributed by atoms with Crippen LogP contribution in [0.4, 0.5) is 5.13 Å². The van der Waals surface area contributed by atoms with Gasteiger partial charge in [0, 0.05) is 22.5 Å². The van der Waals surface area contributed by atoms with Gasteiger partial charge in [0.2, 0.25) is 5.91 Å². The van der Waals surface area contributed by atoms with Crippen molar-refractivity contribution in [2.75, 3.05) is 11.9 Å². The normalized spacial score (nSPS) is 19.6. The number of benzene rings is 1. The minimum absolute atomic E-state index is 0.0227. The number of rotatable bonds is 5. The van der Waals surface area contributed by atoms with E-state index in [2.05, 4.69) is 20.9 Å². The van der Waals surface area contributed by atoms with E-state index >= 15 is 0 Å². The number of amides is 2. The fourth-order valence-corrected chi connectivity index (χ4v) is 3.58. The van der Waals surface area contributed by atoms with Crippen LogP contribution in [0.2, 0.25) is 0 Å². The summed E-state index contributed by atoms with van der Waals surface area (Å²) in [5.41, 5.74) is 2.39. The van der Waals surface area contributed by atoms with Gasteiger partial charge in [-0.1, -0.05) is 12.1 Å². The quantitative estimate of drug-likeness (QED) is 0.768. The van der Waals surface area contributed by atoms with E-state index in [-0.39, 0.29) is 17.9 Å². The molecule has 0 bridgehead atoms. The molecule has 2 aromatic rings. The molecule has 1 aromatic carbocycles. The SMILES string of the molecule is O=C(NC1CC1)c1ccc(-c2csc(NC(=O)[C@@H]3CCCN3)n2)cc1. The number of hydrogen-bond acceptors (Lipinski definition) is 5. The van der Waals surface area contributed by atoms with Crippen LogP contribution in [-0.4, -0.2) is 35.4 Å². The number of thiazole rings is 1. The molecule has 1 saturated carbocycles. The average molecular weight is 356 g/mol. The van der Waals surface area contributed by atoms with Gasteiger partial charge in [0.1, 0.15) is 0 Å². The third kappa shape index (κ3) is 3.88. The van der Waals surface area contributed by atoms with Gasteiger partial charge in [0.05, 0.1) is 11.7 Å². The van der Waals surface area contributed by atoms with Crippen molar-refractivity contribution in [3.63, 3.8) is 0 Å². The van der Waals surface area contributed by atoms with E-state index < -0.39 is 0 Å². The zero-order chi connectivity index (χ0) is 17.2. The topological polar surface area (TPSA) is 83.1 Å². The highest BCUT2D eigenvalue weighted by Gasteiger charge is 2.24. The van der Waals surface area contributed by atoms with Crippen LogP contribution in [0.1, 0.15) is 36.0 Å². The summed E-state index contributed by atoms with van der Waals surface area (Å²) in [5.74, 6) is -0.0464. The number of anilines is 1. The van der Waals surface area contributed by atoms with Crippen LogP contribution in [-0.2, 0) is 4.79 Å². The monoisotopic (exact) mass is 356 g/mol. The van der Waals surface area contributed by atoms with Crippen LogP contribution in [0.15, 0.2) is 29.6 Å². The maximum Gasteiger partial charge on any atom is 0.251 e. The summed E-state index contributed by atoms with van der Waals surface area (Å²) in [6.45, 7) is 0.891. The van der Waals surface area contributed by atoms with Crippen molar-refractivity contribution in [1.29, 1.82) is 0 Å². The smallest absolute Gasteiger partial charge is 0.251 e. The zero-order valence-corrected chi connectivity index (χ0v) is 14.6. The second-order valence-electron chi connectivity index (χ2n) is 6.50. The summed E-state index contributed by atoms with van der Waals surface area (Å²) in [4.78, 5) is 28.6. The Kier molecular flexibility index (Phi) is 4.50. The van der Waals surface area contributed by atoms with Crippen molar-refractivity contribution >= 4 is 28.3 Å². The van der Waals surface area contributed by atoms with Crippen LogP contribution in [0.25, 0.3) is 11.3 Å². The van der Waals surface area contributed by atoms with Gasteiger partial charge in [-0.3, -0.25) is 9.59 Å². The van der Waals surface area contributed by atoms with Gasteiger partial charge in [0.25, 0.3) is 5.91 Å². The number of nitrogens with one attached hydrogen (secondary N) is 3. The molecule has 1 aromatic heterocycles. The summed E-state index contributed by atoms with van der Waals surface area (Å²) >= 11 is 1.41. The third-order valence-corrected chi connectivity index (χ3v) is 5.22. The maximum atomic E-state index is 12.1. The summed E-state index contributed by atoms with van der Waals surface area (Å²) in [6, 6.07) is 7.64. The molecule has 1 aliphatic heterocycles. The Morgan fingerprint density at radius 2 is 1.96 bits per heavy atom.